The second kappa shape index (κ2) is 9.24. The first-order chi connectivity index (χ1) is 5.41. The molecule has 1 aliphatic heterocycles. The number of hydrogen-bond donors (Lipinski definition) is 0. The van der Waals surface area contributed by atoms with E-state index in [0.29, 0.717) is 0 Å². The van der Waals surface area contributed by atoms with Crippen molar-refractivity contribution in [1.82, 2.24) is 0 Å². The third kappa shape index (κ3) is 9.24. The minimum absolute atomic E-state index is 0.733. The van der Waals surface area contributed by atoms with E-state index in [1.807, 2.05) is 32.1 Å². The van der Waals surface area contributed by atoms with E-state index in [0.717, 1.165) is 19.8 Å². The van der Waals surface area contributed by atoms with E-state index in [4.69, 9.17) is 9.47 Å². The molecule has 0 aromatic heterocycles. The van der Waals surface area contributed by atoms with Crippen molar-refractivity contribution in [2.24, 2.45) is 0 Å². The van der Waals surface area contributed by atoms with Crippen molar-refractivity contribution in [2.45, 2.75) is 13.8 Å². The van der Waals surface area contributed by atoms with Gasteiger partial charge in [-0.15, -0.1) is 0 Å². The van der Waals surface area contributed by atoms with Crippen molar-refractivity contribution < 1.29 is 9.47 Å². The molecule has 0 amide bonds. The summed E-state index contributed by atoms with van der Waals surface area (Å²) in [4.78, 5) is 0. The third-order valence-electron chi connectivity index (χ3n) is 1.02. The Kier molecular flexibility index (Phi) is 8.60. The lowest BCUT2D eigenvalue weighted by atomic mass is 10.5. The van der Waals surface area contributed by atoms with E-state index in [2.05, 4.69) is 0 Å². The summed E-state index contributed by atoms with van der Waals surface area (Å²) in [5, 5.41) is 0. The Balaban J connectivity index is 0.000000187. The zero-order valence-corrected chi connectivity index (χ0v) is 7.25. The first-order valence-corrected chi connectivity index (χ1v) is 3.92. The van der Waals surface area contributed by atoms with Gasteiger partial charge in [0, 0.05) is 13.2 Å². The molecule has 0 saturated carbocycles. The predicted octanol–water partition coefficient (Wildman–Crippen LogP) is 2.13. The summed E-state index contributed by atoms with van der Waals surface area (Å²) in [6.45, 7) is 6.40. The van der Waals surface area contributed by atoms with E-state index in [1.165, 1.54) is 0 Å². The highest BCUT2D eigenvalue weighted by molar-refractivity contribution is 5.02. The summed E-state index contributed by atoms with van der Waals surface area (Å²) in [7, 11) is 0. The molecule has 0 spiro atoms. The molecule has 11 heavy (non-hydrogen) atoms. The topological polar surface area (TPSA) is 18.5 Å². The lowest BCUT2D eigenvalue weighted by molar-refractivity contribution is 0.162. The quantitative estimate of drug-likeness (QED) is 0.609. The van der Waals surface area contributed by atoms with Crippen molar-refractivity contribution in [3.05, 3.63) is 24.5 Å². The maximum atomic E-state index is 4.83. The molecule has 2 nitrogen and oxygen atoms in total. The Morgan fingerprint density at radius 1 is 1.27 bits per heavy atom. The molecule has 1 aliphatic rings. The van der Waals surface area contributed by atoms with Crippen LogP contribution < -0.4 is 0 Å². The SMILES string of the molecule is C1=CCOC=C1.CCOCC. The second-order valence-electron chi connectivity index (χ2n) is 1.87. The van der Waals surface area contributed by atoms with Crippen LogP contribution in [0.25, 0.3) is 0 Å². The highest BCUT2D eigenvalue weighted by Gasteiger charge is 1.75. The molecular weight excluding hydrogens is 140 g/mol. The molecule has 0 aromatic rings. The van der Waals surface area contributed by atoms with Crippen LogP contribution in [0.3, 0.4) is 0 Å². The van der Waals surface area contributed by atoms with Crippen LogP contribution in [0.5, 0.6) is 0 Å². The maximum Gasteiger partial charge on any atom is 0.106 e. The molecule has 2 heteroatoms. The molecule has 0 aromatic carbocycles. The molecule has 1 heterocycles. The third-order valence-corrected chi connectivity index (χ3v) is 1.02. The van der Waals surface area contributed by atoms with Gasteiger partial charge in [0.2, 0.25) is 0 Å². The number of rotatable bonds is 2. The van der Waals surface area contributed by atoms with Crippen molar-refractivity contribution in [3.8, 4) is 0 Å². The van der Waals surface area contributed by atoms with Gasteiger partial charge in [-0.05, 0) is 26.0 Å². The average molecular weight is 156 g/mol. The molecule has 1 rings (SSSR count). The fourth-order valence-corrected chi connectivity index (χ4v) is 0.550. The Morgan fingerprint density at radius 2 is 2.00 bits per heavy atom. The smallest absolute Gasteiger partial charge is 0.106 e. The van der Waals surface area contributed by atoms with Crippen LogP contribution in [-0.4, -0.2) is 19.8 Å². The lowest BCUT2D eigenvalue weighted by Gasteiger charge is -1.94. The maximum absolute atomic E-state index is 4.83. The summed E-state index contributed by atoms with van der Waals surface area (Å²) in [6, 6.07) is 0. The van der Waals surface area contributed by atoms with Crippen LogP contribution in [0.4, 0.5) is 0 Å². The summed E-state index contributed by atoms with van der Waals surface area (Å²) >= 11 is 0. The van der Waals surface area contributed by atoms with E-state index < -0.39 is 0 Å². The summed E-state index contributed by atoms with van der Waals surface area (Å²) in [5.74, 6) is 0. The van der Waals surface area contributed by atoms with Crippen molar-refractivity contribution in [1.29, 1.82) is 0 Å². The zero-order valence-electron chi connectivity index (χ0n) is 7.25. The van der Waals surface area contributed by atoms with Crippen LogP contribution in [-0.2, 0) is 9.47 Å². The largest absolute Gasteiger partial charge is 0.497 e. The normalized spacial score (nSPS) is 13.3. The van der Waals surface area contributed by atoms with E-state index in [-0.39, 0.29) is 0 Å². The first kappa shape index (κ1) is 10.2. The van der Waals surface area contributed by atoms with Crippen LogP contribution in [0.15, 0.2) is 24.5 Å². The Bertz CT molecular complexity index is 103. The molecule has 0 fully saturated rings. The van der Waals surface area contributed by atoms with E-state index in [9.17, 15) is 0 Å². The van der Waals surface area contributed by atoms with Gasteiger partial charge in [-0.25, -0.2) is 0 Å². The molecule has 0 aliphatic carbocycles. The molecule has 0 saturated heterocycles. The number of allylic oxidation sites excluding steroid dienone is 2. The standard InChI is InChI=1S/C5H6O.C4H10O/c1-2-4-6-5-3-1;1-3-5-4-2/h1-4H,5H2;3-4H2,1-2H3. The van der Waals surface area contributed by atoms with Crippen molar-refractivity contribution >= 4 is 0 Å². The lowest BCUT2D eigenvalue weighted by Crippen LogP contribution is -1.84. The highest BCUT2D eigenvalue weighted by Crippen LogP contribution is 1.87. The van der Waals surface area contributed by atoms with Crippen LogP contribution in [0, 0.1) is 0 Å². The van der Waals surface area contributed by atoms with Gasteiger partial charge in [0.25, 0.3) is 0 Å². The predicted molar refractivity (Wildman–Crippen MR) is 46.4 cm³/mol. The Morgan fingerprint density at radius 3 is 2.09 bits per heavy atom. The van der Waals surface area contributed by atoms with Gasteiger partial charge in [-0.3, -0.25) is 0 Å². The molecule has 0 N–H and O–H groups in total. The number of hydrogen-bond acceptors (Lipinski definition) is 2. The van der Waals surface area contributed by atoms with Crippen LogP contribution in [0.1, 0.15) is 13.8 Å². The fraction of sp³-hybridized carbons (Fsp3) is 0.556. The minimum Gasteiger partial charge on any atom is -0.497 e. The van der Waals surface area contributed by atoms with E-state index >= 15 is 0 Å². The van der Waals surface area contributed by atoms with Gasteiger partial charge >= 0.3 is 0 Å². The van der Waals surface area contributed by atoms with Crippen molar-refractivity contribution in [2.75, 3.05) is 19.8 Å². The molecule has 0 radical (unpaired) electrons. The van der Waals surface area contributed by atoms with Gasteiger partial charge < -0.3 is 9.47 Å². The number of ether oxygens (including phenoxy) is 2. The van der Waals surface area contributed by atoms with Crippen LogP contribution in [0.2, 0.25) is 0 Å². The van der Waals surface area contributed by atoms with Gasteiger partial charge in [0.15, 0.2) is 0 Å². The van der Waals surface area contributed by atoms with Crippen LogP contribution >= 0.6 is 0 Å². The van der Waals surface area contributed by atoms with Gasteiger partial charge in [0.1, 0.15) is 6.61 Å². The highest BCUT2D eigenvalue weighted by atomic mass is 16.5. The summed E-state index contributed by atoms with van der Waals surface area (Å²) < 4.78 is 9.64. The average Bonchev–Trinajstić information content (AvgIpc) is 2.10. The van der Waals surface area contributed by atoms with Crippen molar-refractivity contribution in [3.63, 3.8) is 0 Å². The van der Waals surface area contributed by atoms with Gasteiger partial charge in [-0.2, -0.15) is 0 Å². The first-order valence-electron chi connectivity index (χ1n) is 3.92. The molecule has 0 unspecified atom stereocenters. The second-order valence-corrected chi connectivity index (χ2v) is 1.87. The van der Waals surface area contributed by atoms with Gasteiger partial charge in [0.05, 0.1) is 6.26 Å². The van der Waals surface area contributed by atoms with Gasteiger partial charge in [-0.1, -0.05) is 6.08 Å². The minimum atomic E-state index is 0.733. The monoisotopic (exact) mass is 156 g/mol. The molecule has 64 valence electrons. The van der Waals surface area contributed by atoms with E-state index in [1.54, 1.807) is 6.26 Å². The molecule has 0 bridgehead atoms. The fourth-order valence-electron chi connectivity index (χ4n) is 0.550. The molecular formula is C9H16O2. The summed E-state index contributed by atoms with van der Waals surface area (Å²) in [5.41, 5.74) is 0. The Hall–Kier alpha value is -0.760. The molecule has 0 atom stereocenters. The summed E-state index contributed by atoms with van der Waals surface area (Å²) in [6.07, 6.45) is 7.47. The Labute approximate surface area is 68.5 Å². The zero-order chi connectivity index (χ0) is 8.36.